The van der Waals surface area contributed by atoms with Gasteiger partial charge in [-0.1, -0.05) is 13.3 Å². The van der Waals surface area contributed by atoms with Crippen LogP contribution in [0, 0.1) is 0 Å². The summed E-state index contributed by atoms with van der Waals surface area (Å²) >= 11 is 0. The highest BCUT2D eigenvalue weighted by molar-refractivity contribution is 5.15. The van der Waals surface area contributed by atoms with Gasteiger partial charge in [-0.25, -0.2) is 0 Å². The molecule has 0 aromatic heterocycles. The molecule has 0 unspecified atom stereocenters. The Morgan fingerprint density at radius 3 is 0.966 bits per heavy atom. The molecule has 0 N–H and O–H groups in total. The number of hydrogen-bond donors (Lipinski definition) is 0. The summed E-state index contributed by atoms with van der Waals surface area (Å²) in [5, 5.41) is 0. The fourth-order valence-corrected chi connectivity index (χ4v) is 1.75. The predicted octanol–water partition coefficient (Wildman–Crippen LogP) is 7.19. The van der Waals surface area contributed by atoms with Crippen LogP contribution in [-0.4, -0.2) is 47.6 Å². The molecule has 0 rings (SSSR count). The van der Waals surface area contributed by atoms with Gasteiger partial charge in [0.2, 0.25) is 0 Å². The fraction of sp³-hybridized carbons (Fsp3) is 1.00. The van der Waals surface area contributed by atoms with Gasteiger partial charge in [0.1, 0.15) is 0 Å². The minimum atomic E-state index is -8.56. The lowest BCUT2D eigenvalue weighted by atomic mass is 9.88. The van der Waals surface area contributed by atoms with Gasteiger partial charge in [0.05, 0.1) is 0 Å². The first-order valence-corrected chi connectivity index (χ1v) is 7.02. The zero-order valence-electron chi connectivity index (χ0n) is 13.5. The Hall–Kier alpha value is -1.19. The van der Waals surface area contributed by atoms with E-state index in [0.717, 1.165) is 6.92 Å². The molecule has 0 aliphatic carbocycles. The van der Waals surface area contributed by atoms with Crippen LogP contribution in [0.15, 0.2) is 0 Å². The molecule has 0 saturated heterocycles. The van der Waals surface area contributed by atoms with Crippen LogP contribution < -0.4 is 0 Å². The van der Waals surface area contributed by atoms with Crippen molar-refractivity contribution in [3.8, 4) is 0 Å². The van der Waals surface area contributed by atoms with Gasteiger partial charge in [-0.2, -0.15) is 74.6 Å². The van der Waals surface area contributed by atoms with Crippen LogP contribution in [0.3, 0.4) is 0 Å². The summed E-state index contributed by atoms with van der Waals surface area (Å²) in [4.78, 5) is 0. The quantitative estimate of drug-likeness (QED) is 0.309. The van der Waals surface area contributed by atoms with E-state index in [1.54, 1.807) is 0 Å². The molecule has 0 fully saturated rings. The number of hydrogen-bond acceptors (Lipinski definition) is 0. The lowest BCUT2D eigenvalue weighted by Gasteiger charge is -2.42. The predicted molar refractivity (Wildman–Crippen MR) is 60.2 cm³/mol. The Balaban J connectivity index is 6.57. The zero-order chi connectivity index (χ0) is 24.1. The molecular formula is C12H9F17. The van der Waals surface area contributed by atoms with E-state index in [-0.39, 0.29) is 0 Å². The second-order valence-electron chi connectivity index (χ2n) is 5.75. The summed E-state index contributed by atoms with van der Waals surface area (Å²) in [6.07, 6.45) is -11.6. The van der Waals surface area contributed by atoms with Gasteiger partial charge in [-0.15, -0.1) is 0 Å². The van der Waals surface area contributed by atoms with Crippen LogP contribution in [0.4, 0.5) is 74.6 Å². The maximum Gasteiger partial charge on any atom is 0.460 e. The molecule has 0 aromatic rings. The van der Waals surface area contributed by atoms with Crippen LogP contribution >= 0.6 is 0 Å². The average molecular weight is 476 g/mol. The monoisotopic (exact) mass is 476 g/mol. The molecular weight excluding hydrogens is 467 g/mol. The lowest BCUT2D eigenvalue weighted by molar-refractivity contribution is -0.461. The Labute approximate surface area is 150 Å². The van der Waals surface area contributed by atoms with Crippen molar-refractivity contribution in [1.29, 1.82) is 0 Å². The van der Waals surface area contributed by atoms with E-state index in [9.17, 15) is 74.6 Å². The Bertz CT molecular complexity index is 569. The van der Waals surface area contributed by atoms with Crippen molar-refractivity contribution in [2.75, 3.05) is 0 Å². The molecule has 0 heterocycles. The van der Waals surface area contributed by atoms with E-state index in [4.69, 9.17) is 0 Å². The molecule has 0 aliphatic heterocycles. The fourth-order valence-electron chi connectivity index (χ4n) is 1.75. The summed E-state index contributed by atoms with van der Waals surface area (Å²) in [6, 6.07) is 0. The molecule has 17 heteroatoms. The average Bonchev–Trinajstić information content (AvgIpc) is 2.50. The SMILES string of the molecule is CCCCC(F)(F)C(F)(F)C(F)(F)C(F)(F)C(F)(F)C(F)(F)C(F)(F)C(F)(F)F. The highest BCUT2D eigenvalue weighted by Gasteiger charge is 2.95. The van der Waals surface area contributed by atoms with E-state index in [1.807, 2.05) is 0 Å². The second kappa shape index (κ2) is 7.20. The van der Waals surface area contributed by atoms with Gasteiger partial charge in [-0.3, -0.25) is 0 Å². The summed E-state index contributed by atoms with van der Waals surface area (Å²) in [5.74, 6) is -55.6. The third-order valence-electron chi connectivity index (χ3n) is 3.63. The molecule has 0 amide bonds. The highest BCUT2D eigenvalue weighted by Crippen LogP contribution is 2.64. The number of halogens is 17. The van der Waals surface area contributed by atoms with Crippen molar-refractivity contribution in [2.45, 2.75) is 73.8 Å². The van der Waals surface area contributed by atoms with E-state index in [2.05, 4.69) is 0 Å². The standard InChI is InChI=1S/C12H9F17/c1-2-3-4-5(13,14)6(15,16)7(17,18)8(19,20)9(21,22)10(23,24)11(25,26)12(27,28)29/h2-4H2,1H3. The first kappa shape index (κ1) is 27.8. The van der Waals surface area contributed by atoms with Gasteiger partial charge in [0, 0.05) is 6.42 Å². The zero-order valence-corrected chi connectivity index (χ0v) is 13.5. The van der Waals surface area contributed by atoms with Crippen molar-refractivity contribution < 1.29 is 74.6 Å². The van der Waals surface area contributed by atoms with Crippen LogP contribution in [0.1, 0.15) is 26.2 Å². The second-order valence-corrected chi connectivity index (χ2v) is 5.75. The third-order valence-corrected chi connectivity index (χ3v) is 3.63. The number of alkyl halides is 17. The molecule has 0 aromatic carbocycles. The molecule has 176 valence electrons. The molecule has 0 nitrogen and oxygen atoms in total. The summed E-state index contributed by atoms with van der Waals surface area (Å²) in [6.45, 7) is 0.995. The summed E-state index contributed by atoms with van der Waals surface area (Å²) < 4.78 is 219. The van der Waals surface area contributed by atoms with Crippen molar-refractivity contribution in [3.63, 3.8) is 0 Å². The summed E-state index contributed by atoms with van der Waals surface area (Å²) in [5.41, 5.74) is 0. The minimum absolute atomic E-state index is 0.459. The van der Waals surface area contributed by atoms with Crippen LogP contribution in [0.5, 0.6) is 0 Å². The van der Waals surface area contributed by atoms with Gasteiger partial charge in [-0.05, 0) is 6.42 Å². The van der Waals surface area contributed by atoms with E-state index < -0.39 is 66.9 Å². The van der Waals surface area contributed by atoms with Gasteiger partial charge in [0.15, 0.2) is 0 Å². The Kier molecular flexibility index (Phi) is 6.90. The van der Waals surface area contributed by atoms with Crippen molar-refractivity contribution in [1.82, 2.24) is 0 Å². The lowest BCUT2D eigenvalue weighted by Crippen LogP contribution is -2.74. The van der Waals surface area contributed by atoms with Crippen LogP contribution in [0.2, 0.25) is 0 Å². The number of rotatable bonds is 9. The topological polar surface area (TPSA) is 0 Å². The third kappa shape index (κ3) is 3.70. The molecule has 0 atom stereocenters. The molecule has 29 heavy (non-hydrogen) atoms. The molecule has 0 bridgehead atoms. The van der Waals surface area contributed by atoms with E-state index >= 15 is 0 Å². The molecule has 0 saturated carbocycles. The normalized spacial score (nSPS) is 16.3. The Morgan fingerprint density at radius 1 is 0.414 bits per heavy atom. The van der Waals surface area contributed by atoms with Gasteiger partial charge in [0.25, 0.3) is 0 Å². The van der Waals surface area contributed by atoms with E-state index in [0.29, 0.717) is 0 Å². The van der Waals surface area contributed by atoms with Gasteiger partial charge >= 0.3 is 47.6 Å². The smallest absolute Gasteiger partial charge is 0.200 e. The van der Waals surface area contributed by atoms with Gasteiger partial charge < -0.3 is 0 Å². The highest BCUT2D eigenvalue weighted by atomic mass is 19.4. The first-order valence-electron chi connectivity index (χ1n) is 7.02. The number of unbranched alkanes of at least 4 members (excludes halogenated alkanes) is 1. The van der Waals surface area contributed by atoms with Crippen molar-refractivity contribution >= 4 is 0 Å². The maximum atomic E-state index is 13.3. The molecule has 0 aliphatic rings. The van der Waals surface area contributed by atoms with Crippen LogP contribution in [0.25, 0.3) is 0 Å². The van der Waals surface area contributed by atoms with E-state index in [1.165, 1.54) is 0 Å². The first-order chi connectivity index (χ1) is 12.3. The maximum absolute atomic E-state index is 13.3. The summed E-state index contributed by atoms with van der Waals surface area (Å²) in [7, 11) is 0. The Morgan fingerprint density at radius 2 is 0.690 bits per heavy atom. The largest absolute Gasteiger partial charge is 0.460 e. The van der Waals surface area contributed by atoms with Crippen molar-refractivity contribution in [3.05, 3.63) is 0 Å². The van der Waals surface area contributed by atoms with Crippen LogP contribution in [-0.2, 0) is 0 Å². The molecule has 0 radical (unpaired) electrons. The van der Waals surface area contributed by atoms with Crippen molar-refractivity contribution in [2.24, 2.45) is 0 Å². The minimum Gasteiger partial charge on any atom is -0.200 e. The molecule has 0 spiro atoms.